The number of aliphatic hydroxyl groups is 1. The van der Waals surface area contributed by atoms with E-state index in [0.29, 0.717) is 61.2 Å². The standard InChI is InChI=1S/C30H38N2O7/c1-4-5-16-39-24-11-10-21(20-25(24)37-3)27-26(28(33)22-8-6-9-23(19-22)36-2)29(34)30(35)32(27)13-7-12-31-14-17-38-18-15-31/h6,8-11,19-20,27,33H,4-5,7,12-18H2,1-3H3. The summed E-state index contributed by atoms with van der Waals surface area (Å²) in [5, 5.41) is 11.4. The van der Waals surface area contributed by atoms with E-state index in [0.717, 1.165) is 32.5 Å². The lowest BCUT2D eigenvalue weighted by atomic mass is 9.95. The molecular formula is C30H38N2O7. The van der Waals surface area contributed by atoms with Crippen LogP contribution in [0.1, 0.15) is 43.4 Å². The van der Waals surface area contributed by atoms with Gasteiger partial charge in [-0.15, -0.1) is 0 Å². The number of hydrogen-bond acceptors (Lipinski definition) is 8. The van der Waals surface area contributed by atoms with E-state index in [4.69, 9.17) is 18.9 Å². The number of carbonyl (C=O) groups is 2. The third-order valence-electron chi connectivity index (χ3n) is 7.12. The summed E-state index contributed by atoms with van der Waals surface area (Å²) < 4.78 is 22.2. The number of unbranched alkanes of at least 4 members (excludes halogenated alkanes) is 1. The van der Waals surface area contributed by atoms with Gasteiger partial charge in [-0.3, -0.25) is 14.5 Å². The number of amides is 1. The molecule has 2 aliphatic rings. The monoisotopic (exact) mass is 538 g/mol. The van der Waals surface area contributed by atoms with E-state index in [1.807, 2.05) is 6.07 Å². The molecule has 0 bridgehead atoms. The fraction of sp³-hybridized carbons (Fsp3) is 0.467. The number of morpholine rings is 1. The van der Waals surface area contributed by atoms with Crippen LogP contribution in [0, 0.1) is 0 Å². The van der Waals surface area contributed by atoms with Gasteiger partial charge in [0.2, 0.25) is 0 Å². The largest absolute Gasteiger partial charge is 0.507 e. The zero-order valence-corrected chi connectivity index (χ0v) is 23.0. The van der Waals surface area contributed by atoms with Gasteiger partial charge in [0.15, 0.2) is 11.5 Å². The first-order valence-electron chi connectivity index (χ1n) is 13.5. The highest BCUT2D eigenvalue weighted by molar-refractivity contribution is 6.46. The minimum atomic E-state index is -0.778. The summed E-state index contributed by atoms with van der Waals surface area (Å²) in [5.74, 6) is 0.0407. The van der Waals surface area contributed by atoms with E-state index in [1.54, 1.807) is 48.4 Å². The number of rotatable bonds is 12. The molecule has 39 heavy (non-hydrogen) atoms. The predicted molar refractivity (Wildman–Crippen MR) is 147 cm³/mol. The van der Waals surface area contributed by atoms with Crippen LogP contribution in [0.4, 0.5) is 0 Å². The molecule has 0 aliphatic carbocycles. The normalized spacial score (nSPS) is 19.4. The molecule has 1 unspecified atom stereocenters. The fourth-order valence-corrected chi connectivity index (χ4v) is 4.97. The first kappa shape index (κ1) is 28.4. The number of hydrogen-bond donors (Lipinski definition) is 1. The number of carbonyl (C=O) groups excluding carboxylic acids is 2. The van der Waals surface area contributed by atoms with Crippen LogP contribution >= 0.6 is 0 Å². The summed E-state index contributed by atoms with van der Waals surface area (Å²) in [5.41, 5.74) is 1.10. The lowest BCUT2D eigenvalue weighted by Gasteiger charge is -2.29. The molecule has 2 aromatic carbocycles. The Kier molecular flexibility index (Phi) is 9.84. The van der Waals surface area contributed by atoms with Gasteiger partial charge in [-0.2, -0.15) is 0 Å². The van der Waals surface area contributed by atoms with Gasteiger partial charge in [-0.25, -0.2) is 0 Å². The minimum absolute atomic E-state index is 0.0429. The summed E-state index contributed by atoms with van der Waals surface area (Å²) in [6.07, 6.45) is 2.59. The van der Waals surface area contributed by atoms with Crippen molar-refractivity contribution in [3.8, 4) is 17.2 Å². The Labute approximate surface area is 229 Å². The molecule has 2 aliphatic heterocycles. The highest BCUT2D eigenvalue weighted by Gasteiger charge is 2.46. The third kappa shape index (κ3) is 6.54. The van der Waals surface area contributed by atoms with Crippen molar-refractivity contribution in [2.75, 3.05) is 60.2 Å². The zero-order valence-electron chi connectivity index (χ0n) is 23.0. The van der Waals surface area contributed by atoms with E-state index in [1.165, 1.54) is 7.11 Å². The van der Waals surface area contributed by atoms with Crippen LogP contribution < -0.4 is 14.2 Å². The predicted octanol–water partition coefficient (Wildman–Crippen LogP) is 4.03. The average Bonchev–Trinajstić information content (AvgIpc) is 3.22. The van der Waals surface area contributed by atoms with Gasteiger partial charge in [-0.1, -0.05) is 31.5 Å². The maximum atomic E-state index is 13.4. The number of benzene rings is 2. The van der Waals surface area contributed by atoms with Gasteiger partial charge in [-0.05, 0) is 42.7 Å². The van der Waals surface area contributed by atoms with E-state index in [-0.39, 0.29) is 11.3 Å². The van der Waals surface area contributed by atoms with Crippen LogP contribution in [0.15, 0.2) is 48.0 Å². The second kappa shape index (κ2) is 13.5. The van der Waals surface area contributed by atoms with Crippen molar-refractivity contribution < 1.29 is 33.6 Å². The SMILES string of the molecule is CCCCOc1ccc(C2C(=C(O)c3cccc(OC)c3)C(=O)C(=O)N2CCCN2CCOCC2)cc1OC. The van der Waals surface area contributed by atoms with Gasteiger partial charge in [0.1, 0.15) is 11.5 Å². The van der Waals surface area contributed by atoms with Gasteiger partial charge < -0.3 is 29.0 Å². The molecule has 210 valence electrons. The Bertz CT molecular complexity index is 1190. The highest BCUT2D eigenvalue weighted by Crippen LogP contribution is 2.42. The fourth-order valence-electron chi connectivity index (χ4n) is 4.97. The van der Waals surface area contributed by atoms with Crippen molar-refractivity contribution in [1.29, 1.82) is 0 Å². The summed E-state index contributed by atoms with van der Waals surface area (Å²) in [4.78, 5) is 30.6. The molecular weight excluding hydrogens is 500 g/mol. The molecule has 9 heteroatoms. The van der Waals surface area contributed by atoms with Crippen molar-refractivity contribution in [2.45, 2.75) is 32.2 Å². The van der Waals surface area contributed by atoms with Crippen molar-refractivity contribution in [2.24, 2.45) is 0 Å². The van der Waals surface area contributed by atoms with Gasteiger partial charge in [0, 0.05) is 31.7 Å². The smallest absolute Gasteiger partial charge is 0.295 e. The topological polar surface area (TPSA) is 97.8 Å². The number of likely N-dealkylation sites (tertiary alicyclic amines) is 1. The third-order valence-corrected chi connectivity index (χ3v) is 7.12. The second-order valence-corrected chi connectivity index (χ2v) is 9.64. The van der Waals surface area contributed by atoms with Crippen LogP contribution in [0.3, 0.4) is 0 Å². The number of nitrogens with zero attached hydrogens (tertiary/aromatic N) is 2. The Morgan fingerprint density at radius 3 is 2.51 bits per heavy atom. The summed E-state index contributed by atoms with van der Waals surface area (Å²) in [7, 11) is 3.09. The average molecular weight is 539 g/mol. The van der Waals surface area contributed by atoms with Crippen LogP contribution in [0.5, 0.6) is 17.2 Å². The first-order chi connectivity index (χ1) is 19.0. The van der Waals surface area contributed by atoms with Gasteiger partial charge in [0.05, 0.1) is 45.7 Å². The molecule has 2 heterocycles. The number of aliphatic hydroxyl groups excluding tert-OH is 1. The molecule has 1 N–H and O–H groups in total. The highest BCUT2D eigenvalue weighted by atomic mass is 16.5. The zero-order chi connectivity index (χ0) is 27.8. The number of ether oxygens (including phenoxy) is 4. The van der Waals surface area contributed by atoms with Crippen molar-refractivity contribution in [3.05, 3.63) is 59.2 Å². The molecule has 1 atom stereocenters. The Hall–Kier alpha value is -3.56. The molecule has 2 saturated heterocycles. The second-order valence-electron chi connectivity index (χ2n) is 9.64. The molecule has 0 radical (unpaired) electrons. The molecule has 0 aromatic heterocycles. The van der Waals surface area contributed by atoms with Crippen molar-refractivity contribution in [1.82, 2.24) is 9.80 Å². The summed E-state index contributed by atoms with van der Waals surface area (Å²) >= 11 is 0. The number of methoxy groups -OCH3 is 2. The maximum Gasteiger partial charge on any atom is 0.295 e. The molecule has 4 rings (SSSR count). The Balaban J connectivity index is 1.71. The van der Waals surface area contributed by atoms with Crippen molar-refractivity contribution in [3.63, 3.8) is 0 Å². The minimum Gasteiger partial charge on any atom is -0.507 e. The molecule has 0 saturated carbocycles. The van der Waals surface area contributed by atoms with Gasteiger partial charge >= 0.3 is 0 Å². The van der Waals surface area contributed by atoms with Crippen LogP contribution in [-0.4, -0.2) is 86.8 Å². The van der Waals surface area contributed by atoms with E-state index in [2.05, 4.69) is 11.8 Å². The van der Waals surface area contributed by atoms with E-state index in [9.17, 15) is 14.7 Å². The lowest BCUT2D eigenvalue weighted by molar-refractivity contribution is -0.140. The summed E-state index contributed by atoms with van der Waals surface area (Å²) in [6.45, 7) is 6.86. The molecule has 9 nitrogen and oxygen atoms in total. The Morgan fingerprint density at radius 2 is 1.79 bits per heavy atom. The van der Waals surface area contributed by atoms with Crippen molar-refractivity contribution >= 4 is 17.4 Å². The molecule has 2 aromatic rings. The van der Waals surface area contributed by atoms with Crippen LogP contribution in [-0.2, 0) is 14.3 Å². The Morgan fingerprint density at radius 1 is 1.00 bits per heavy atom. The van der Waals surface area contributed by atoms with E-state index >= 15 is 0 Å². The van der Waals surface area contributed by atoms with Crippen LogP contribution in [0.2, 0.25) is 0 Å². The summed E-state index contributed by atoms with van der Waals surface area (Å²) in [6, 6.07) is 11.4. The molecule has 1 amide bonds. The molecule has 0 spiro atoms. The lowest BCUT2D eigenvalue weighted by Crippen LogP contribution is -2.39. The van der Waals surface area contributed by atoms with Gasteiger partial charge in [0.25, 0.3) is 11.7 Å². The number of Topliss-reactive ketones (excluding diaryl/α,β-unsaturated/α-hetero) is 1. The molecule has 2 fully saturated rings. The number of ketones is 1. The van der Waals surface area contributed by atoms with Crippen LogP contribution in [0.25, 0.3) is 5.76 Å². The first-order valence-corrected chi connectivity index (χ1v) is 13.5. The quantitative estimate of drug-likeness (QED) is 0.187. The van der Waals surface area contributed by atoms with E-state index < -0.39 is 17.7 Å². The maximum absolute atomic E-state index is 13.4.